The molecule has 0 saturated heterocycles. The van der Waals surface area contributed by atoms with Crippen molar-refractivity contribution in [1.82, 2.24) is 0 Å². The fraction of sp³-hybridized carbons (Fsp3) is 0.778. The fourth-order valence-corrected chi connectivity index (χ4v) is 4.80. The second kappa shape index (κ2) is 4.22. The van der Waals surface area contributed by atoms with Crippen molar-refractivity contribution in [3.05, 3.63) is 24.3 Å². The van der Waals surface area contributed by atoms with E-state index in [4.69, 9.17) is 0 Å². The minimum Gasteiger partial charge on any atom is -0.385 e. The minimum absolute atomic E-state index is 0.325. The highest BCUT2D eigenvalue weighted by atomic mass is 16.3. The van der Waals surface area contributed by atoms with Crippen LogP contribution in [0.1, 0.15) is 52.9 Å². The zero-order valence-corrected chi connectivity index (χ0v) is 12.7. The summed E-state index contributed by atoms with van der Waals surface area (Å²) in [6.07, 6.45) is 10.1. The standard InChI is InChI=1S/C18H28O/c1-5-18(19)9-7-6-8-14(18)13-11-16-15(10-12(13)2)17(16,3)4/h5,11-12,14-16,19H,1,6-10H2,2-4H3/t12-,14-,15-,16+,18+/m1/s1. The first kappa shape index (κ1) is 13.4. The Bertz CT molecular complexity index is 419. The quantitative estimate of drug-likeness (QED) is 0.733. The number of rotatable bonds is 2. The molecule has 1 heteroatoms. The van der Waals surface area contributed by atoms with E-state index in [9.17, 15) is 5.11 Å². The topological polar surface area (TPSA) is 20.2 Å². The van der Waals surface area contributed by atoms with E-state index in [2.05, 4.69) is 33.4 Å². The van der Waals surface area contributed by atoms with E-state index in [-0.39, 0.29) is 0 Å². The van der Waals surface area contributed by atoms with E-state index >= 15 is 0 Å². The van der Waals surface area contributed by atoms with Crippen molar-refractivity contribution in [2.45, 2.75) is 58.5 Å². The van der Waals surface area contributed by atoms with Crippen molar-refractivity contribution >= 4 is 0 Å². The Balaban J connectivity index is 1.90. The van der Waals surface area contributed by atoms with Crippen LogP contribution in [0.25, 0.3) is 0 Å². The first-order chi connectivity index (χ1) is 8.90. The van der Waals surface area contributed by atoms with E-state index < -0.39 is 5.60 Å². The molecule has 0 bridgehead atoms. The number of hydrogen-bond acceptors (Lipinski definition) is 1. The average molecular weight is 260 g/mol. The van der Waals surface area contributed by atoms with Crippen LogP contribution in [-0.4, -0.2) is 10.7 Å². The summed E-state index contributed by atoms with van der Waals surface area (Å²) in [5.41, 5.74) is 1.38. The van der Waals surface area contributed by atoms with Gasteiger partial charge in [0.1, 0.15) is 0 Å². The van der Waals surface area contributed by atoms with Crippen LogP contribution < -0.4 is 0 Å². The van der Waals surface area contributed by atoms with Gasteiger partial charge in [-0.2, -0.15) is 0 Å². The van der Waals surface area contributed by atoms with E-state index in [1.165, 1.54) is 18.4 Å². The maximum absolute atomic E-state index is 10.9. The fourth-order valence-electron chi connectivity index (χ4n) is 4.80. The van der Waals surface area contributed by atoms with Gasteiger partial charge >= 0.3 is 0 Å². The van der Waals surface area contributed by atoms with Crippen molar-refractivity contribution in [3.8, 4) is 0 Å². The highest BCUT2D eigenvalue weighted by Crippen LogP contribution is 2.65. The van der Waals surface area contributed by atoms with E-state index in [0.717, 1.165) is 31.1 Å². The molecule has 19 heavy (non-hydrogen) atoms. The molecule has 106 valence electrons. The van der Waals surface area contributed by atoms with Crippen molar-refractivity contribution in [2.24, 2.45) is 29.1 Å². The summed E-state index contributed by atoms with van der Waals surface area (Å²) in [7, 11) is 0. The Morgan fingerprint density at radius 3 is 2.79 bits per heavy atom. The molecule has 0 aliphatic heterocycles. The highest BCUT2D eigenvalue weighted by molar-refractivity contribution is 5.30. The second-order valence-corrected chi connectivity index (χ2v) is 7.75. The molecule has 3 rings (SSSR count). The molecule has 1 N–H and O–H groups in total. The number of fused-ring (bicyclic) bond motifs is 1. The van der Waals surface area contributed by atoms with Gasteiger partial charge in [0.05, 0.1) is 5.60 Å². The first-order valence-electron chi connectivity index (χ1n) is 7.97. The van der Waals surface area contributed by atoms with Crippen LogP contribution >= 0.6 is 0 Å². The van der Waals surface area contributed by atoms with Gasteiger partial charge in [-0.25, -0.2) is 0 Å². The average Bonchev–Trinajstić information content (AvgIpc) is 2.90. The molecule has 2 saturated carbocycles. The van der Waals surface area contributed by atoms with E-state index in [0.29, 0.717) is 17.3 Å². The van der Waals surface area contributed by atoms with Crippen LogP contribution in [0.15, 0.2) is 24.3 Å². The normalized spacial score (nSPS) is 48.1. The van der Waals surface area contributed by atoms with E-state index in [1.807, 2.05) is 6.08 Å². The lowest BCUT2D eigenvalue weighted by Gasteiger charge is -2.42. The molecule has 3 aliphatic rings. The second-order valence-electron chi connectivity index (χ2n) is 7.75. The molecule has 3 aliphatic carbocycles. The van der Waals surface area contributed by atoms with Gasteiger partial charge in [0.15, 0.2) is 0 Å². The number of hydrogen-bond donors (Lipinski definition) is 1. The van der Waals surface area contributed by atoms with Gasteiger partial charge in [0, 0.05) is 5.92 Å². The molecular weight excluding hydrogens is 232 g/mol. The lowest BCUT2D eigenvalue weighted by Crippen LogP contribution is -2.41. The molecule has 0 heterocycles. The zero-order chi connectivity index (χ0) is 13.8. The molecule has 0 aromatic heterocycles. The summed E-state index contributed by atoms with van der Waals surface area (Å²) in [5.74, 6) is 2.60. The van der Waals surface area contributed by atoms with Crippen molar-refractivity contribution in [1.29, 1.82) is 0 Å². The first-order valence-corrected chi connectivity index (χ1v) is 7.97. The Hall–Kier alpha value is -0.560. The molecule has 1 nitrogen and oxygen atoms in total. The lowest BCUT2D eigenvalue weighted by molar-refractivity contribution is 0.00670. The van der Waals surface area contributed by atoms with Gasteiger partial charge in [0.25, 0.3) is 0 Å². The van der Waals surface area contributed by atoms with Gasteiger partial charge in [-0.1, -0.05) is 51.3 Å². The van der Waals surface area contributed by atoms with Crippen molar-refractivity contribution in [3.63, 3.8) is 0 Å². The van der Waals surface area contributed by atoms with Gasteiger partial charge in [-0.3, -0.25) is 0 Å². The molecular formula is C18H28O. The van der Waals surface area contributed by atoms with E-state index in [1.54, 1.807) is 0 Å². The maximum Gasteiger partial charge on any atom is 0.0890 e. The molecule has 0 amide bonds. The summed E-state index contributed by atoms with van der Waals surface area (Å²) in [6, 6.07) is 0. The number of aliphatic hydroxyl groups is 1. The molecule has 2 fully saturated rings. The van der Waals surface area contributed by atoms with Gasteiger partial charge in [-0.05, 0) is 42.4 Å². The predicted molar refractivity (Wildman–Crippen MR) is 79.7 cm³/mol. The van der Waals surface area contributed by atoms with Crippen LogP contribution in [0, 0.1) is 29.1 Å². The summed E-state index contributed by atoms with van der Waals surface area (Å²) >= 11 is 0. The van der Waals surface area contributed by atoms with Crippen molar-refractivity contribution < 1.29 is 5.11 Å². The zero-order valence-electron chi connectivity index (χ0n) is 12.7. The Morgan fingerprint density at radius 2 is 2.11 bits per heavy atom. The van der Waals surface area contributed by atoms with Gasteiger partial charge < -0.3 is 5.11 Å². The summed E-state index contributed by atoms with van der Waals surface area (Å²) < 4.78 is 0. The third-order valence-corrected chi connectivity index (χ3v) is 6.37. The molecule has 0 unspecified atom stereocenters. The van der Waals surface area contributed by atoms with Gasteiger partial charge in [-0.15, -0.1) is 6.58 Å². The summed E-state index contributed by atoms with van der Waals surface area (Å²) in [4.78, 5) is 0. The third kappa shape index (κ3) is 1.93. The maximum atomic E-state index is 10.9. The Kier molecular flexibility index (Phi) is 2.98. The Labute approximate surface area is 117 Å². The number of allylic oxidation sites excluding steroid dienone is 1. The third-order valence-electron chi connectivity index (χ3n) is 6.37. The lowest BCUT2D eigenvalue weighted by atomic mass is 9.67. The predicted octanol–water partition coefficient (Wildman–Crippen LogP) is 4.33. The minimum atomic E-state index is -0.649. The largest absolute Gasteiger partial charge is 0.385 e. The van der Waals surface area contributed by atoms with Gasteiger partial charge in [0.2, 0.25) is 0 Å². The SMILES string of the molecule is C=C[C@]1(O)CCCC[C@@H]1C1=C[C@H]2[C@@H](C[C@H]1C)C2(C)C. The molecule has 0 spiro atoms. The van der Waals surface area contributed by atoms with Crippen LogP contribution in [-0.2, 0) is 0 Å². The van der Waals surface area contributed by atoms with Crippen LogP contribution in [0.4, 0.5) is 0 Å². The molecule has 0 radical (unpaired) electrons. The monoisotopic (exact) mass is 260 g/mol. The molecule has 0 aromatic carbocycles. The van der Waals surface area contributed by atoms with Crippen molar-refractivity contribution in [2.75, 3.05) is 0 Å². The highest BCUT2D eigenvalue weighted by Gasteiger charge is 2.59. The Morgan fingerprint density at radius 1 is 1.37 bits per heavy atom. The molecule has 0 aromatic rings. The van der Waals surface area contributed by atoms with Crippen LogP contribution in [0.3, 0.4) is 0 Å². The summed E-state index contributed by atoms with van der Waals surface area (Å²) in [6.45, 7) is 11.1. The smallest absolute Gasteiger partial charge is 0.0890 e. The van der Waals surface area contributed by atoms with Crippen LogP contribution in [0.2, 0.25) is 0 Å². The van der Waals surface area contributed by atoms with Crippen LogP contribution in [0.5, 0.6) is 0 Å². The summed E-state index contributed by atoms with van der Waals surface area (Å²) in [5, 5.41) is 10.9. The molecule has 5 atom stereocenters.